The molecule has 0 bridgehead atoms. The van der Waals surface area contributed by atoms with Gasteiger partial charge in [-0.25, -0.2) is 4.98 Å². The molecule has 3 nitrogen and oxygen atoms in total. The molecule has 3 heteroatoms. The summed E-state index contributed by atoms with van der Waals surface area (Å²) in [5.41, 5.74) is 0. The maximum Gasteiger partial charge on any atom is 0.137 e. The van der Waals surface area contributed by atoms with Gasteiger partial charge in [-0.3, -0.25) is 0 Å². The molecule has 0 fully saturated rings. The lowest BCUT2D eigenvalue weighted by molar-refractivity contribution is 0.0903. The van der Waals surface area contributed by atoms with Crippen molar-refractivity contribution in [3.63, 3.8) is 0 Å². The van der Waals surface area contributed by atoms with Crippen molar-refractivity contribution in [2.45, 2.75) is 45.3 Å². The fourth-order valence-corrected chi connectivity index (χ4v) is 2.33. The number of aryl methyl sites for hydroxylation is 1. The molecule has 2 rings (SSSR count). The third-order valence-corrected chi connectivity index (χ3v) is 3.23. The smallest absolute Gasteiger partial charge is 0.137 e. The van der Waals surface area contributed by atoms with Crippen LogP contribution in [0.1, 0.15) is 44.5 Å². The predicted octanol–water partition coefficient (Wildman–Crippen LogP) is 2.68. The minimum absolute atomic E-state index is 0.336. The van der Waals surface area contributed by atoms with Gasteiger partial charge in [-0.05, 0) is 31.6 Å². The Morgan fingerprint density at radius 2 is 2.44 bits per heavy atom. The molecule has 2 unspecified atom stereocenters. The van der Waals surface area contributed by atoms with Crippen LogP contribution in [-0.4, -0.2) is 14.7 Å². The number of rotatable bonds is 4. The van der Waals surface area contributed by atoms with Gasteiger partial charge in [-0.1, -0.05) is 19.1 Å². The van der Waals surface area contributed by atoms with Gasteiger partial charge in [-0.2, -0.15) is 0 Å². The first kappa shape index (κ1) is 11.4. The Kier molecular flexibility index (Phi) is 3.78. The van der Waals surface area contributed by atoms with E-state index < -0.39 is 6.10 Å². The van der Waals surface area contributed by atoms with Crippen molar-refractivity contribution in [2.75, 3.05) is 0 Å². The minimum atomic E-state index is -0.411. The topological polar surface area (TPSA) is 38.0 Å². The van der Waals surface area contributed by atoms with Gasteiger partial charge in [0.2, 0.25) is 0 Å². The van der Waals surface area contributed by atoms with E-state index in [-0.39, 0.29) is 0 Å². The molecule has 0 aliphatic heterocycles. The zero-order valence-corrected chi connectivity index (χ0v) is 9.84. The van der Waals surface area contributed by atoms with E-state index in [2.05, 4.69) is 28.6 Å². The highest BCUT2D eigenvalue weighted by atomic mass is 16.3. The average molecular weight is 220 g/mol. The Morgan fingerprint density at radius 1 is 1.56 bits per heavy atom. The maximum atomic E-state index is 10.3. The third kappa shape index (κ3) is 2.35. The zero-order valence-electron chi connectivity index (χ0n) is 9.84. The molecule has 0 aromatic carbocycles. The first-order valence-corrected chi connectivity index (χ1v) is 6.17. The number of allylic oxidation sites excluding steroid dienone is 2. The summed E-state index contributed by atoms with van der Waals surface area (Å²) in [7, 11) is 0. The van der Waals surface area contributed by atoms with E-state index in [1.165, 1.54) is 0 Å². The fourth-order valence-electron chi connectivity index (χ4n) is 2.33. The van der Waals surface area contributed by atoms with Crippen LogP contribution >= 0.6 is 0 Å². The fraction of sp³-hybridized carbons (Fsp3) is 0.615. The second kappa shape index (κ2) is 5.30. The molecular formula is C13H20N2O. The van der Waals surface area contributed by atoms with Crippen molar-refractivity contribution in [1.82, 2.24) is 9.55 Å². The number of hydrogen-bond donors (Lipinski definition) is 1. The van der Waals surface area contributed by atoms with Crippen LogP contribution in [0.25, 0.3) is 0 Å². The van der Waals surface area contributed by atoms with Crippen LogP contribution in [0.4, 0.5) is 0 Å². The molecule has 0 saturated heterocycles. The summed E-state index contributed by atoms with van der Waals surface area (Å²) in [5.74, 6) is 1.17. The summed E-state index contributed by atoms with van der Waals surface area (Å²) in [6.45, 7) is 3.08. The molecule has 88 valence electrons. The van der Waals surface area contributed by atoms with Crippen molar-refractivity contribution in [3.05, 3.63) is 30.4 Å². The quantitative estimate of drug-likeness (QED) is 0.792. The average Bonchev–Trinajstić information content (AvgIpc) is 2.78. The molecule has 1 N–H and O–H groups in total. The van der Waals surface area contributed by atoms with Gasteiger partial charge in [0.05, 0.1) is 0 Å². The number of aliphatic hydroxyl groups excluding tert-OH is 1. The molecule has 0 radical (unpaired) electrons. The molecule has 2 atom stereocenters. The number of aliphatic hydroxyl groups is 1. The molecule has 0 saturated carbocycles. The Morgan fingerprint density at radius 3 is 3.12 bits per heavy atom. The Balaban J connectivity index is 2.09. The second-order valence-electron chi connectivity index (χ2n) is 4.47. The van der Waals surface area contributed by atoms with Crippen LogP contribution in [0.3, 0.4) is 0 Å². The highest BCUT2D eigenvalue weighted by Crippen LogP contribution is 2.30. The van der Waals surface area contributed by atoms with Gasteiger partial charge in [0.25, 0.3) is 0 Å². The SMILES string of the molecule is CCCn1ccnc1C(O)C1CC=CCC1. The van der Waals surface area contributed by atoms with Crippen LogP contribution in [0, 0.1) is 5.92 Å². The highest BCUT2D eigenvalue weighted by molar-refractivity contribution is 5.02. The molecule has 1 aliphatic carbocycles. The van der Waals surface area contributed by atoms with Crippen LogP contribution in [0.5, 0.6) is 0 Å². The van der Waals surface area contributed by atoms with Gasteiger partial charge < -0.3 is 9.67 Å². The summed E-state index contributed by atoms with van der Waals surface area (Å²) < 4.78 is 2.07. The van der Waals surface area contributed by atoms with E-state index in [0.29, 0.717) is 5.92 Å². The van der Waals surface area contributed by atoms with Crippen LogP contribution < -0.4 is 0 Å². The molecule has 0 spiro atoms. The van der Waals surface area contributed by atoms with E-state index in [0.717, 1.165) is 38.1 Å². The second-order valence-corrected chi connectivity index (χ2v) is 4.47. The number of nitrogens with zero attached hydrogens (tertiary/aromatic N) is 2. The summed E-state index contributed by atoms with van der Waals surface area (Å²) in [5, 5.41) is 10.3. The lowest BCUT2D eigenvalue weighted by Crippen LogP contribution is -2.18. The molecular weight excluding hydrogens is 200 g/mol. The molecule has 1 aliphatic rings. The summed E-state index contributed by atoms with van der Waals surface area (Å²) in [6, 6.07) is 0. The van der Waals surface area contributed by atoms with Gasteiger partial charge in [-0.15, -0.1) is 0 Å². The Labute approximate surface area is 96.8 Å². The molecule has 0 amide bonds. The monoisotopic (exact) mass is 220 g/mol. The molecule has 16 heavy (non-hydrogen) atoms. The summed E-state index contributed by atoms with van der Waals surface area (Å²) in [6.07, 6.45) is 11.9. The third-order valence-electron chi connectivity index (χ3n) is 3.23. The van der Waals surface area contributed by atoms with E-state index in [1.807, 2.05) is 6.20 Å². The van der Waals surface area contributed by atoms with Crippen LogP contribution in [-0.2, 0) is 6.54 Å². The predicted molar refractivity (Wildman–Crippen MR) is 64.0 cm³/mol. The van der Waals surface area contributed by atoms with Crippen molar-refractivity contribution in [2.24, 2.45) is 5.92 Å². The number of imidazole rings is 1. The number of aromatic nitrogens is 2. The lowest BCUT2D eigenvalue weighted by Gasteiger charge is -2.23. The minimum Gasteiger partial charge on any atom is -0.385 e. The summed E-state index contributed by atoms with van der Waals surface area (Å²) >= 11 is 0. The van der Waals surface area contributed by atoms with Gasteiger partial charge in [0.15, 0.2) is 0 Å². The van der Waals surface area contributed by atoms with Crippen LogP contribution in [0.15, 0.2) is 24.5 Å². The Bertz CT molecular complexity index is 357. The standard InChI is InChI=1S/C13H20N2O/c1-2-9-15-10-8-14-13(15)12(16)11-6-4-3-5-7-11/h3-4,8,10-12,16H,2,5-7,9H2,1H3. The van der Waals surface area contributed by atoms with Crippen molar-refractivity contribution < 1.29 is 5.11 Å². The molecule has 1 heterocycles. The van der Waals surface area contributed by atoms with Crippen LogP contribution in [0.2, 0.25) is 0 Å². The normalized spacial score (nSPS) is 22.2. The van der Waals surface area contributed by atoms with Crippen molar-refractivity contribution in [1.29, 1.82) is 0 Å². The molecule has 1 aromatic heterocycles. The highest BCUT2D eigenvalue weighted by Gasteiger charge is 2.24. The van der Waals surface area contributed by atoms with Gasteiger partial charge in [0.1, 0.15) is 11.9 Å². The van der Waals surface area contributed by atoms with Gasteiger partial charge in [0, 0.05) is 18.9 Å². The van der Waals surface area contributed by atoms with E-state index in [4.69, 9.17) is 0 Å². The largest absolute Gasteiger partial charge is 0.385 e. The lowest BCUT2D eigenvalue weighted by atomic mass is 9.89. The van der Waals surface area contributed by atoms with E-state index in [1.54, 1.807) is 6.20 Å². The number of hydrogen-bond acceptors (Lipinski definition) is 2. The zero-order chi connectivity index (χ0) is 11.4. The maximum absolute atomic E-state index is 10.3. The first-order chi connectivity index (χ1) is 7.83. The van der Waals surface area contributed by atoms with Crippen molar-refractivity contribution in [3.8, 4) is 0 Å². The first-order valence-electron chi connectivity index (χ1n) is 6.17. The Hall–Kier alpha value is -1.09. The molecule has 1 aromatic rings. The van der Waals surface area contributed by atoms with E-state index in [9.17, 15) is 5.11 Å². The van der Waals surface area contributed by atoms with Gasteiger partial charge >= 0.3 is 0 Å². The summed E-state index contributed by atoms with van der Waals surface area (Å²) in [4.78, 5) is 4.30. The van der Waals surface area contributed by atoms with E-state index >= 15 is 0 Å². The van der Waals surface area contributed by atoms with Crippen molar-refractivity contribution >= 4 is 0 Å².